The molecular formula is C33H25N3O. The molecule has 0 spiro atoms. The Labute approximate surface area is 215 Å². The van der Waals surface area contributed by atoms with Crippen molar-refractivity contribution in [2.24, 2.45) is 12.8 Å². The molecule has 6 rings (SSSR count). The first-order valence-corrected chi connectivity index (χ1v) is 12.2. The molecular weight excluding hydrogens is 454 g/mol. The molecule has 0 aliphatic carbocycles. The number of amides is 1. The Morgan fingerprint density at radius 2 is 1.00 bits per heavy atom. The average molecular weight is 480 g/mol. The highest BCUT2D eigenvalue weighted by atomic mass is 16.1. The number of fused-ring (bicyclic) bond motifs is 1. The number of primary amides is 1. The molecule has 0 unspecified atom stereocenters. The summed E-state index contributed by atoms with van der Waals surface area (Å²) in [6, 6.07) is 40.6. The van der Waals surface area contributed by atoms with Gasteiger partial charge in [-0.15, -0.1) is 0 Å². The van der Waals surface area contributed by atoms with Gasteiger partial charge in [0, 0.05) is 28.9 Å². The molecule has 6 aromatic rings. The smallest absolute Gasteiger partial charge is 0.267 e. The first-order valence-electron chi connectivity index (χ1n) is 12.2. The van der Waals surface area contributed by atoms with Gasteiger partial charge in [-0.25, -0.2) is 4.98 Å². The molecule has 0 saturated heterocycles. The van der Waals surface area contributed by atoms with Crippen LogP contribution in [-0.4, -0.2) is 15.5 Å². The molecule has 4 aromatic carbocycles. The van der Waals surface area contributed by atoms with Crippen molar-refractivity contribution in [1.82, 2.24) is 9.55 Å². The summed E-state index contributed by atoms with van der Waals surface area (Å²) in [5.74, 6) is -0.554. The lowest BCUT2D eigenvalue weighted by atomic mass is 9.91. The summed E-state index contributed by atoms with van der Waals surface area (Å²) in [7, 11) is 2.08. The topological polar surface area (TPSA) is 60.9 Å². The van der Waals surface area contributed by atoms with E-state index in [0.717, 1.165) is 55.7 Å². The zero-order chi connectivity index (χ0) is 25.4. The van der Waals surface area contributed by atoms with Crippen molar-refractivity contribution < 1.29 is 4.79 Å². The van der Waals surface area contributed by atoms with Crippen LogP contribution in [-0.2, 0) is 7.05 Å². The molecule has 2 N–H and O–H groups in total. The predicted molar refractivity (Wildman–Crippen MR) is 151 cm³/mol. The largest absolute Gasteiger partial charge is 0.364 e. The van der Waals surface area contributed by atoms with Gasteiger partial charge in [0.25, 0.3) is 5.91 Å². The van der Waals surface area contributed by atoms with Crippen LogP contribution in [0, 0.1) is 0 Å². The molecule has 2 heterocycles. The van der Waals surface area contributed by atoms with E-state index in [4.69, 9.17) is 10.7 Å². The van der Waals surface area contributed by atoms with Crippen molar-refractivity contribution in [2.45, 2.75) is 0 Å². The lowest BCUT2D eigenvalue weighted by Gasteiger charge is -2.15. The number of benzene rings is 4. The highest BCUT2D eigenvalue weighted by Crippen LogP contribution is 2.47. The van der Waals surface area contributed by atoms with E-state index in [9.17, 15) is 4.79 Å². The van der Waals surface area contributed by atoms with Gasteiger partial charge >= 0.3 is 0 Å². The van der Waals surface area contributed by atoms with Crippen LogP contribution < -0.4 is 5.73 Å². The number of aromatic nitrogens is 2. The molecule has 4 nitrogen and oxygen atoms in total. The molecule has 4 heteroatoms. The van der Waals surface area contributed by atoms with Crippen LogP contribution >= 0.6 is 0 Å². The second-order valence-corrected chi connectivity index (χ2v) is 9.02. The molecule has 0 bridgehead atoms. The molecule has 0 aliphatic heterocycles. The SMILES string of the molecule is Cn1c(-c2ccccc2)c2c(-c3ccccc3)nc(C(N)=O)c(-c3ccccc3)c2c1-c1ccccc1. The predicted octanol–water partition coefficient (Wildman–Crippen LogP) is 7.34. The molecule has 0 fully saturated rings. The van der Waals surface area contributed by atoms with Gasteiger partial charge in [-0.1, -0.05) is 121 Å². The number of carbonyl (C=O) groups excluding carboxylic acids is 1. The molecule has 0 aliphatic rings. The second-order valence-electron chi connectivity index (χ2n) is 9.02. The van der Waals surface area contributed by atoms with Gasteiger partial charge in [0.1, 0.15) is 5.69 Å². The second kappa shape index (κ2) is 9.25. The summed E-state index contributed by atoms with van der Waals surface area (Å²) in [5, 5.41) is 1.95. The van der Waals surface area contributed by atoms with Crippen LogP contribution in [0.1, 0.15) is 10.5 Å². The average Bonchev–Trinajstić information content (AvgIpc) is 3.26. The first-order chi connectivity index (χ1) is 18.1. The van der Waals surface area contributed by atoms with Crippen LogP contribution in [0.5, 0.6) is 0 Å². The minimum Gasteiger partial charge on any atom is -0.364 e. The first kappa shape index (κ1) is 22.5. The molecule has 0 atom stereocenters. The fourth-order valence-electron chi connectivity index (χ4n) is 5.24. The van der Waals surface area contributed by atoms with E-state index < -0.39 is 5.91 Å². The van der Waals surface area contributed by atoms with E-state index in [1.54, 1.807) is 0 Å². The van der Waals surface area contributed by atoms with E-state index >= 15 is 0 Å². The van der Waals surface area contributed by atoms with Crippen molar-refractivity contribution in [2.75, 3.05) is 0 Å². The summed E-state index contributed by atoms with van der Waals surface area (Å²) < 4.78 is 2.22. The van der Waals surface area contributed by atoms with Crippen molar-refractivity contribution in [3.05, 3.63) is 127 Å². The van der Waals surface area contributed by atoms with Crippen molar-refractivity contribution in [3.63, 3.8) is 0 Å². The standard InChI is InChI=1S/C33H25N3O/c1-36-31(24-18-10-4-11-19-24)27-26(22-14-6-2-7-15-22)30(33(34)37)35-29(23-16-8-3-9-17-23)28(27)32(36)25-20-12-5-13-21-25/h2-21H,1H3,(H2,34,37). The number of pyridine rings is 1. The lowest BCUT2D eigenvalue weighted by Crippen LogP contribution is -2.15. The van der Waals surface area contributed by atoms with Gasteiger partial charge in [0.05, 0.1) is 17.1 Å². The maximum atomic E-state index is 13.0. The van der Waals surface area contributed by atoms with Crippen LogP contribution in [0.4, 0.5) is 0 Å². The highest BCUT2D eigenvalue weighted by molar-refractivity contribution is 6.20. The number of nitrogens with two attached hydrogens (primary N) is 1. The molecule has 0 saturated carbocycles. The van der Waals surface area contributed by atoms with Gasteiger partial charge in [-0.2, -0.15) is 0 Å². The fourth-order valence-corrected chi connectivity index (χ4v) is 5.24. The third-order valence-electron chi connectivity index (χ3n) is 6.78. The number of hydrogen-bond donors (Lipinski definition) is 1. The lowest BCUT2D eigenvalue weighted by molar-refractivity contribution is 0.0996. The normalized spacial score (nSPS) is 11.1. The molecule has 0 radical (unpaired) electrons. The molecule has 178 valence electrons. The monoisotopic (exact) mass is 479 g/mol. The minimum atomic E-state index is -0.554. The Hall–Kier alpha value is -4.96. The van der Waals surface area contributed by atoms with Crippen LogP contribution in [0.25, 0.3) is 55.7 Å². The van der Waals surface area contributed by atoms with Gasteiger partial charge in [0.2, 0.25) is 0 Å². The third kappa shape index (κ3) is 3.80. The van der Waals surface area contributed by atoms with Crippen molar-refractivity contribution in [1.29, 1.82) is 0 Å². The van der Waals surface area contributed by atoms with Crippen molar-refractivity contribution in [3.8, 4) is 44.9 Å². The number of rotatable bonds is 5. The summed E-state index contributed by atoms with van der Waals surface area (Å²) in [6.07, 6.45) is 0. The fraction of sp³-hybridized carbons (Fsp3) is 0.0303. The number of carbonyl (C=O) groups is 1. The summed E-state index contributed by atoms with van der Waals surface area (Å²) in [4.78, 5) is 18.0. The Kier molecular flexibility index (Phi) is 5.62. The van der Waals surface area contributed by atoms with Crippen molar-refractivity contribution >= 4 is 16.7 Å². The summed E-state index contributed by atoms with van der Waals surface area (Å²) >= 11 is 0. The van der Waals surface area contributed by atoms with E-state index in [1.807, 2.05) is 97.1 Å². The van der Waals surface area contributed by atoms with E-state index in [2.05, 4.69) is 35.9 Å². The van der Waals surface area contributed by atoms with Crippen LogP contribution in [0.3, 0.4) is 0 Å². The van der Waals surface area contributed by atoms with Crippen LogP contribution in [0.2, 0.25) is 0 Å². The number of nitrogens with zero attached hydrogens (tertiary/aromatic N) is 2. The highest BCUT2D eigenvalue weighted by Gasteiger charge is 2.28. The van der Waals surface area contributed by atoms with E-state index in [1.165, 1.54) is 0 Å². The minimum absolute atomic E-state index is 0.264. The van der Waals surface area contributed by atoms with Crippen LogP contribution in [0.15, 0.2) is 121 Å². The Morgan fingerprint density at radius 1 is 0.595 bits per heavy atom. The van der Waals surface area contributed by atoms with Gasteiger partial charge in [-0.3, -0.25) is 4.79 Å². The maximum absolute atomic E-state index is 13.0. The van der Waals surface area contributed by atoms with E-state index in [-0.39, 0.29) is 5.69 Å². The third-order valence-corrected chi connectivity index (χ3v) is 6.78. The zero-order valence-corrected chi connectivity index (χ0v) is 20.4. The summed E-state index contributed by atoms with van der Waals surface area (Å²) in [5.41, 5.74) is 13.8. The Morgan fingerprint density at radius 3 is 1.46 bits per heavy atom. The number of hydrogen-bond acceptors (Lipinski definition) is 2. The zero-order valence-electron chi connectivity index (χ0n) is 20.4. The van der Waals surface area contributed by atoms with E-state index in [0.29, 0.717) is 0 Å². The Balaban J connectivity index is 1.91. The van der Waals surface area contributed by atoms with Gasteiger partial charge in [-0.05, 0) is 16.7 Å². The molecule has 2 aromatic heterocycles. The van der Waals surface area contributed by atoms with Gasteiger partial charge < -0.3 is 10.3 Å². The quantitative estimate of drug-likeness (QED) is 0.281. The Bertz CT molecular complexity index is 1720. The molecule has 1 amide bonds. The molecule has 37 heavy (non-hydrogen) atoms. The summed E-state index contributed by atoms with van der Waals surface area (Å²) in [6.45, 7) is 0. The maximum Gasteiger partial charge on any atom is 0.267 e. The van der Waals surface area contributed by atoms with Gasteiger partial charge in [0.15, 0.2) is 0 Å².